The van der Waals surface area contributed by atoms with Gasteiger partial charge in [0.2, 0.25) is 5.91 Å². The molecule has 1 aromatic carbocycles. The van der Waals surface area contributed by atoms with Crippen LogP contribution < -0.4 is 10.6 Å². The van der Waals surface area contributed by atoms with Gasteiger partial charge in [0.1, 0.15) is 0 Å². The molecule has 2 rings (SSSR count). The number of nitrogens with one attached hydrogen (secondary N) is 2. The lowest BCUT2D eigenvalue weighted by atomic mass is 9.97. The Kier molecular flexibility index (Phi) is 6.93. The predicted molar refractivity (Wildman–Crippen MR) is 92.1 cm³/mol. The van der Waals surface area contributed by atoms with Gasteiger partial charge in [0, 0.05) is 31.1 Å². The number of carbonyl (C=O) groups is 1. The molecule has 1 amide bonds. The number of benzene rings is 1. The Bertz CT molecular complexity index is 450. The van der Waals surface area contributed by atoms with E-state index < -0.39 is 0 Å². The smallest absolute Gasteiger partial charge is 0.220 e. The Hall–Kier alpha value is -1.16. The maximum atomic E-state index is 12.0. The van der Waals surface area contributed by atoms with E-state index in [4.69, 9.17) is 0 Å². The second kappa shape index (κ2) is 8.98. The van der Waals surface area contributed by atoms with Gasteiger partial charge in [-0.25, -0.2) is 0 Å². The van der Waals surface area contributed by atoms with Crippen LogP contribution in [0.4, 0.5) is 5.69 Å². The summed E-state index contributed by atoms with van der Waals surface area (Å²) in [4.78, 5) is 12.0. The number of thioether (sulfide) groups is 1. The Morgan fingerprint density at radius 3 is 2.95 bits per heavy atom. The maximum Gasteiger partial charge on any atom is 0.220 e. The summed E-state index contributed by atoms with van der Waals surface area (Å²) in [5, 5.41) is 6.43. The Labute approximate surface area is 132 Å². The van der Waals surface area contributed by atoms with E-state index >= 15 is 0 Å². The number of hydrogen-bond donors (Lipinski definition) is 2. The van der Waals surface area contributed by atoms with Crippen LogP contribution in [0.3, 0.4) is 0 Å². The summed E-state index contributed by atoms with van der Waals surface area (Å²) in [5.74, 6) is 1.76. The highest BCUT2D eigenvalue weighted by Gasteiger charge is 2.23. The van der Waals surface area contributed by atoms with Crippen molar-refractivity contribution in [2.75, 3.05) is 30.4 Å². The molecule has 0 radical (unpaired) electrons. The van der Waals surface area contributed by atoms with Gasteiger partial charge < -0.3 is 10.6 Å². The summed E-state index contributed by atoms with van der Waals surface area (Å²) >= 11 is 1.91. The molecule has 2 N–H and O–H groups in total. The van der Waals surface area contributed by atoms with Crippen molar-refractivity contribution in [3.8, 4) is 0 Å². The summed E-state index contributed by atoms with van der Waals surface area (Å²) in [6, 6.07) is 8.29. The molecule has 1 unspecified atom stereocenters. The van der Waals surface area contributed by atoms with Gasteiger partial charge >= 0.3 is 0 Å². The van der Waals surface area contributed by atoms with Crippen molar-refractivity contribution in [2.45, 2.75) is 38.0 Å². The largest absolute Gasteiger partial charge is 0.384 e. The molecular weight excluding hydrogens is 280 g/mol. The molecule has 1 aliphatic heterocycles. The van der Waals surface area contributed by atoms with Crippen LogP contribution in [0.5, 0.6) is 0 Å². The topological polar surface area (TPSA) is 41.1 Å². The van der Waals surface area contributed by atoms with Crippen LogP contribution in [0.25, 0.3) is 0 Å². The highest BCUT2D eigenvalue weighted by Crippen LogP contribution is 2.32. The minimum Gasteiger partial charge on any atom is -0.384 e. The first kappa shape index (κ1) is 16.2. The molecule has 0 saturated carbocycles. The van der Waals surface area contributed by atoms with Crippen molar-refractivity contribution in [3.63, 3.8) is 0 Å². The Morgan fingerprint density at radius 1 is 1.29 bits per heavy atom. The summed E-state index contributed by atoms with van der Waals surface area (Å²) in [6.45, 7) is 1.70. The molecule has 3 nitrogen and oxygen atoms in total. The second-order valence-corrected chi connectivity index (χ2v) is 6.61. The number of rotatable bonds is 9. The van der Waals surface area contributed by atoms with Gasteiger partial charge in [-0.3, -0.25) is 4.79 Å². The van der Waals surface area contributed by atoms with Gasteiger partial charge in [0.05, 0.1) is 0 Å². The minimum atomic E-state index is 0.183. The van der Waals surface area contributed by atoms with Crippen LogP contribution in [-0.4, -0.2) is 31.0 Å². The number of carbonyl (C=O) groups excluding carboxylic acids is 1. The third kappa shape index (κ3) is 5.27. The zero-order valence-corrected chi connectivity index (χ0v) is 13.7. The SMILES string of the molecule is CSCCCCCCNC(=O)CC1CNc2ccccc21. The van der Waals surface area contributed by atoms with Crippen LogP contribution in [0.2, 0.25) is 0 Å². The summed E-state index contributed by atoms with van der Waals surface area (Å²) in [6.07, 6.45) is 7.62. The van der Waals surface area contributed by atoms with E-state index in [9.17, 15) is 4.79 Å². The fourth-order valence-corrected chi connectivity index (χ4v) is 3.28. The molecule has 1 atom stereocenters. The summed E-state index contributed by atoms with van der Waals surface area (Å²) in [7, 11) is 0. The molecule has 1 aromatic rings. The van der Waals surface area contributed by atoms with Crippen molar-refractivity contribution < 1.29 is 4.79 Å². The normalized spacial score (nSPS) is 16.3. The van der Waals surface area contributed by atoms with E-state index in [1.165, 1.54) is 36.3 Å². The highest BCUT2D eigenvalue weighted by atomic mass is 32.2. The van der Waals surface area contributed by atoms with Crippen LogP contribution in [-0.2, 0) is 4.79 Å². The van der Waals surface area contributed by atoms with E-state index in [2.05, 4.69) is 29.0 Å². The first-order valence-electron chi connectivity index (χ1n) is 7.89. The molecule has 0 fully saturated rings. The molecule has 21 heavy (non-hydrogen) atoms. The number of para-hydroxylation sites is 1. The average molecular weight is 306 g/mol. The number of amides is 1. The van der Waals surface area contributed by atoms with Crippen LogP contribution in [0, 0.1) is 0 Å². The molecule has 1 heterocycles. The van der Waals surface area contributed by atoms with Crippen molar-refractivity contribution in [3.05, 3.63) is 29.8 Å². The van der Waals surface area contributed by atoms with E-state index in [1.54, 1.807) is 0 Å². The van der Waals surface area contributed by atoms with Gasteiger partial charge in [-0.1, -0.05) is 31.0 Å². The lowest BCUT2D eigenvalue weighted by Crippen LogP contribution is -2.26. The molecule has 0 aliphatic carbocycles. The van der Waals surface area contributed by atoms with Gasteiger partial charge in [-0.05, 0) is 36.5 Å². The molecule has 4 heteroatoms. The first-order valence-corrected chi connectivity index (χ1v) is 9.29. The van der Waals surface area contributed by atoms with E-state index in [1.807, 2.05) is 23.9 Å². The van der Waals surface area contributed by atoms with Crippen molar-refractivity contribution in [1.29, 1.82) is 0 Å². The van der Waals surface area contributed by atoms with Crippen LogP contribution >= 0.6 is 11.8 Å². The van der Waals surface area contributed by atoms with Gasteiger partial charge in [0.25, 0.3) is 0 Å². The molecule has 0 saturated heterocycles. The second-order valence-electron chi connectivity index (χ2n) is 5.63. The molecule has 0 spiro atoms. The van der Waals surface area contributed by atoms with Gasteiger partial charge in [0.15, 0.2) is 0 Å². The molecule has 0 bridgehead atoms. The summed E-state index contributed by atoms with van der Waals surface area (Å²) < 4.78 is 0. The fraction of sp³-hybridized carbons (Fsp3) is 0.588. The highest BCUT2D eigenvalue weighted by molar-refractivity contribution is 7.98. The monoisotopic (exact) mass is 306 g/mol. The quantitative estimate of drug-likeness (QED) is 0.685. The first-order chi connectivity index (χ1) is 10.3. The molecule has 1 aliphatic rings. The minimum absolute atomic E-state index is 0.183. The molecule has 0 aromatic heterocycles. The van der Waals surface area contributed by atoms with E-state index in [0.29, 0.717) is 12.3 Å². The Balaban J connectivity index is 1.60. The van der Waals surface area contributed by atoms with Gasteiger partial charge in [-0.15, -0.1) is 0 Å². The molecule has 116 valence electrons. The standard InChI is InChI=1S/C17H26N2OS/c1-21-11-7-3-2-6-10-18-17(20)12-14-13-19-16-9-5-4-8-15(14)16/h4-5,8-9,14,19H,2-3,6-7,10-13H2,1H3,(H,18,20). The average Bonchev–Trinajstić information content (AvgIpc) is 2.90. The van der Waals surface area contributed by atoms with Gasteiger partial charge in [-0.2, -0.15) is 11.8 Å². The Morgan fingerprint density at radius 2 is 2.10 bits per heavy atom. The van der Waals surface area contributed by atoms with E-state index in [0.717, 1.165) is 19.5 Å². The number of anilines is 1. The van der Waals surface area contributed by atoms with Crippen LogP contribution in [0.15, 0.2) is 24.3 Å². The zero-order valence-electron chi connectivity index (χ0n) is 12.9. The number of unbranched alkanes of at least 4 members (excludes halogenated alkanes) is 3. The third-order valence-corrected chi connectivity index (χ3v) is 4.67. The lowest BCUT2D eigenvalue weighted by molar-refractivity contribution is -0.121. The third-order valence-electron chi connectivity index (χ3n) is 3.97. The van der Waals surface area contributed by atoms with E-state index in [-0.39, 0.29) is 5.91 Å². The molecular formula is C17H26N2OS. The van der Waals surface area contributed by atoms with Crippen LogP contribution in [0.1, 0.15) is 43.6 Å². The number of fused-ring (bicyclic) bond motifs is 1. The predicted octanol–water partition coefficient (Wildman–Crippen LogP) is 3.63. The summed E-state index contributed by atoms with van der Waals surface area (Å²) in [5.41, 5.74) is 2.47. The van der Waals surface area contributed by atoms with Crippen molar-refractivity contribution in [2.24, 2.45) is 0 Å². The number of hydrogen-bond acceptors (Lipinski definition) is 3. The van der Waals surface area contributed by atoms with Crippen molar-refractivity contribution in [1.82, 2.24) is 5.32 Å². The zero-order chi connectivity index (χ0) is 14.9. The lowest BCUT2D eigenvalue weighted by Gasteiger charge is -2.10. The van der Waals surface area contributed by atoms with Crippen molar-refractivity contribution >= 4 is 23.4 Å². The maximum absolute atomic E-state index is 12.0. The fourth-order valence-electron chi connectivity index (χ4n) is 2.79.